The van der Waals surface area contributed by atoms with Gasteiger partial charge in [0.05, 0.1) is 24.8 Å². The van der Waals surface area contributed by atoms with Crippen LogP contribution in [0.5, 0.6) is 11.5 Å². The lowest BCUT2D eigenvalue weighted by molar-refractivity contribution is -0.120. The number of hydrogen-bond acceptors (Lipinski definition) is 6. The molecule has 1 amide bonds. The fraction of sp³-hybridized carbons (Fsp3) is 0.263. The standard InChI is InChI=1S/C19H21N3O5S/c1-3-26-16-10-7-14(11-17(16)27-4-2)18(19(23)22-28(24)25)21-15-8-5-13(12-20)6-9-15/h5-11,18,21H,3-4H2,1-2H3,(H,22,23)(H,24,25). The molecule has 0 heterocycles. The Morgan fingerprint density at radius 2 is 1.79 bits per heavy atom. The molecule has 0 aromatic heterocycles. The zero-order valence-corrected chi connectivity index (χ0v) is 16.3. The number of carbonyl (C=O) groups is 1. The van der Waals surface area contributed by atoms with Crippen LogP contribution in [0.1, 0.15) is 31.0 Å². The van der Waals surface area contributed by atoms with Gasteiger partial charge in [0.25, 0.3) is 17.2 Å². The van der Waals surface area contributed by atoms with Crippen LogP contribution in [-0.4, -0.2) is 27.9 Å². The van der Waals surface area contributed by atoms with Crippen molar-refractivity contribution in [1.82, 2.24) is 4.72 Å². The first-order valence-corrected chi connectivity index (χ1v) is 9.66. The number of carbonyl (C=O) groups excluding carboxylic acids is 1. The van der Waals surface area contributed by atoms with Crippen LogP contribution < -0.4 is 19.5 Å². The number of benzene rings is 2. The first-order valence-electron chi connectivity index (χ1n) is 8.56. The molecule has 0 fully saturated rings. The SMILES string of the molecule is CCOc1ccc(C(Nc2ccc(C#N)cc2)C(=O)NS(=O)O)cc1OCC. The summed E-state index contributed by atoms with van der Waals surface area (Å²) in [5.41, 5.74) is 1.55. The molecule has 9 heteroatoms. The summed E-state index contributed by atoms with van der Waals surface area (Å²) in [4.78, 5) is 12.5. The summed E-state index contributed by atoms with van der Waals surface area (Å²) in [5, 5.41) is 11.9. The molecule has 0 saturated carbocycles. The van der Waals surface area contributed by atoms with Gasteiger partial charge in [-0.15, -0.1) is 0 Å². The lowest BCUT2D eigenvalue weighted by Crippen LogP contribution is -2.34. The van der Waals surface area contributed by atoms with E-state index in [1.165, 1.54) is 0 Å². The van der Waals surface area contributed by atoms with Gasteiger partial charge in [-0.1, -0.05) is 6.07 Å². The summed E-state index contributed by atoms with van der Waals surface area (Å²) in [7, 11) is 0. The third kappa shape index (κ3) is 5.70. The number of anilines is 1. The maximum Gasteiger partial charge on any atom is 0.261 e. The number of nitrogens with zero attached hydrogens (tertiary/aromatic N) is 1. The van der Waals surface area contributed by atoms with Crippen LogP contribution in [0.15, 0.2) is 42.5 Å². The molecule has 2 unspecified atom stereocenters. The second kappa shape index (κ2) is 10.3. The Bertz CT molecular complexity index is 880. The Hall–Kier alpha value is -3.09. The van der Waals surface area contributed by atoms with E-state index in [4.69, 9.17) is 19.3 Å². The highest BCUT2D eigenvalue weighted by molar-refractivity contribution is 7.77. The van der Waals surface area contributed by atoms with Crippen molar-refractivity contribution < 1.29 is 23.0 Å². The highest BCUT2D eigenvalue weighted by Crippen LogP contribution is 2.32. The largest absolute Gasteiger partial charge is 0.490 e. The van der Waals surface area contributed by atoms with Gasteiger partial charge in [0, 0.05) is 5.69 Å². The number of amides is 1. The number of rotatable bonds is 9. The molecule has 0 spiro atoms. The summed E-state index contributed by atoms with van der Waals surface area (Å²) in [5.74, 6) is 0.305. The second-order valence-electron chi connectivity index (χ2n) is 5.55. The van der Waals surface area contributed by atoms with Gasteiger partial charge in [0.15, 0.2) is 11.5 Å². The fourth-order valence-corrected chi connectivity index (χ4v) is 2.79. The molecule has 0 bridgehead atoms. The fourth-order valence-electron chi connectivity index (χ4n) is 2.50. The van der Waals surface area contributed by atoms with Crippen LogP contribution in [0.2, 0.25) is 0 Å². The zero-order valence-electron chi connectivity index (χ0n) is 15.5. The molecule has 3 N–H and O–H groups in total. The monoisotopic (exact) mass is 403 g/mol. The lowest BCUT2D eigenvalue weighted by atomic mass is 10.0. The molecule has 148 valence electrons. The van der Waals surface area contributed by atoms with E-state index >= 15 is 0 Å². The third-order valence-electron chi connectivity index (χ3n) is 3.68. The van der Waals surface area contributed by atoms with Gasteiger partial charge in [0.1, 0.15) is 6.04 Å². The van der Waals surface area contributed by atoms with Crippen molar-refractivity contribution in [3.63, 3.8) is 0 Å². The first kappa shape index (κ1) is 21.2. The van der Waals surface area contributed by atoms with E-state index in [0.29, 0.717) is 41.5 Å². The minimum atomic E-state index is -2.51. The number of nitriles is 1. The van der Waals surface area contributed by atoms with Gasteiger partial charge >= 0.3 is 0 Å². The molecule has 0 radical (unpaired) electrons. The Labute approximate surface area is 165 Å². The summed E-state index contributed by atoms with van der Waals surface area (Å²) >= 11 is -2.51. The van der Waals surface area contributed by atoms with Gasteiger partial charge in [0.2, 0.25) is 0 Å². The Kier molecular flexibility index (Phi) is 7.80. The van der Waals surface area contributed by atoms with E-state index in [1.807, 2.05) is 24.6 Å². The second-order valence-corrected chi connectivity index (χ2v) is 6.26. The highest BCUT2D eigenvalue weighted by Gasteiger charge is 2.23. The van der Waals surface area contributed by atoms with Crippen LogP contribution in [-0.2, 0) is 16.1 Å². The Balaban J connectivity index is 2.39. The molecule has 8 nitrogen and oxygen atoms in total. The van der Waals surface area contributed by atoms with Gasteiger partial charge in [-0.3, -0.25) is 9.35 Å². The predicted molar refractivity (Wildman–Crippen MR) is 105 cm³/mol. The van der Waals surface area contributed by atoms with Crippen molar-refractivity contribution in [3.8, 4) is 17.6 Å². The third-order valence-corrected chi connectivity index (χ3v) is 4.05. The molecule has 2 aromatic carbocycles. The topological polar surface area (TPSA) is 121 Å². The maximum atomic E-state index is 12.5. The quantitative estimate of drug-likeness (QED) is 0.551. The van der Waals surface area contributed by atoms with Crippen LogP contribution in [0, 0.1) is 11.3 Å². The van der Waals surface area contributed by atoms with Crippen molar-refractivity contribution in [2.24, 2.45) is 0 Å². The van der Waals surface area contributed by atoms with Gasteiger partial charge in [-0.25, -0.2) is 8.93 Å². The van der Waals surface area contributed by atoms with Crippen LogP contribution in [0.4, 0.5) is 5.69 Å². The van der Waals surface area contributed by atoms with Crippen molar-refractivity contribution in [1.29, 1.82) is 5.26 Å². The van der Waals surface area contributed by atoms with E-state index in [2.05, 4.69) is 5.32 Å². The smallest absolute Gasteiger partial charge is 0.261 e. The molecular formula is C19H21N3O5S. The van der Waals surface area contributed by atoms with Gasteiger partial charge in [-0.2, -0.15) is 5.26 Å². The molecule has 2 atom stereocenters. The Morgan fingerprint density at radius 3 is 2.36 bits per heavy atom. The summed E-state index contributed by atoms with van der Waals surface area (Å²) < 4.78 is 33.2. The van der Waals surface area contributed by atoms with Crippen LogP contribution in [0.3, 0.4) is 0 Å². The average molecular weight is 403 g/mol. The lowest BCUT2D eigenvalue weighted by Gasteiger charge is -2.20. The molecule has 2 rings (SSSR count). The molecule has 28 heavy (non-hydrogen) atoms. The summed E-state index contributed by atoms with van der Waals surface area (Å²) in [6.45, 7) is 4.54. The minimum Gasteiger partial charge on any atom is -0.490 e. The summed E-state index contributed by atoms with van der Waals surface area (Å²) in [6, 6.07) is 12.5. The minimum absolute atomic E-state index is 0.407. The zero-order chi connectivity index (χ0) is 20.5. The molecular weight excluding hydrogens is 382 g/mol. The average Bonchev–Trinajstić information content (AvgIpc) is 2.68. The van der Waals surface area contributed by atoms with E-state index in [9.17, 15) is 9.00 Å². The number of hydrogen-bond donors (Lipinski definition) is 3. The number of nitrogens with one attached hydrogen (secondary N) is 2. The highest BCUT2D eigenvalue weighted by atomic mass is 32.2. The molecule has 0 aliphatic rings. The van der Waals surface area contributed by atoms with E-state index in [1.54, 1.807) is 42.5 Å². The van der Waals surface area contributed by atoms with Crippen molar-refractivity contribution >= 4 is 22.9 Å². The van der Waals surface area contributed by atoms with Crippen molar-refractivity contribution in [2.45, 2.75) is 19.9 Å². The van der Waals surface area contributed by atoms with Gasteiger partial charge in [-0.05, 0) is 55.8 Å². The van der Waals surface area contributed by atoms with Crippen molar-refractivity contribution in [2.75, 3.05) is 18.5 Å². The van der Waals surface area contributed by atoms with E-state index in [0.717, 1.165) is 0 Å². The predicted octanol–water partition coefficient (Wildman–Crippen LogP) is 2.76. The molecule has 0 aliphatic heterocycles. The number of ether oxygens (including phenoxy) is 2. The van der Waals surface area contributed by atoms with Gasteiger partial charge < -0.3 is 14.8 Å². The maximum absolute atomic E-state index is 12.5. The molecule has 0 aliphatic carbocycles. The van der Waals surface area contributed by atoms with Crippen molar-refractivity contribution in [3.05, 3.63) is 53.6 Å². The molecule has 0 saturated heterocycles. The van der Waals surface area contributed by atoms with Crippen LogP contribution in [0.25, 0.3) is 0 Å². The van der Waals surface area contributed by atoms with E-state index < -0.39 is 23.2 Å². The van der Waals surface area contributed by atoms with Crippen LogP contribution >= 0.6 is 0 Å². The Morgan fingerprint density at radius 1 is 1.14 bits per heavy atom. The first-order chi connectivity index (χ1) is 13.5. The van der Waals surface area contributed by atoms with E-state index in [-0.39, 0.29) is 0 Å². The molecule has 2 aromatic rings. The normalized spacial score (nSPS) is 12.4. The summed E-state index contributed by atoms with van der Waals surface area (Å²) in [6.07, 6.45) is 0.